The number of hydrogen-bond donors (Lipinski definition) is 3. The van der Waals surface area contributed by atoms with Crippen LogP contribution in [0.3, 0.4) is 0 Å². The van der Waals surface area contributed by atoms with Crippen LogP contribution in [0, 0.1) is 0 Å². The maximum Gasteiger partial charge on any atom is 0.147 e. The van der Waals surface area contributed by atoms with Crippen LogP contribution in [0.25, 0.3) is 10.9 Å². The molecule has 1 heterocycles. The SMILES string of the molecule is CC.CC(=O)[C@H](Cc1c[nH]c2ccccc12)NS. The van der Waals surface area contributed by atoms with E-state index in [9.17, 15) is 4.79 Å². The van der Waals surface area contributed by atoms with Gasteiger partial charge in [0.2, 0.25) is 0 Å². The lowest BCUT2D eigenvalue weighted by Gasteiger charge is -2.10. The van der Waals surface area contributed by atoms with Crippen LogP contribution in [0.15, 0.2) is 30.5 Å². The average molecular weight is 264 g/mol. The predicted molar refractivity (Wildman–Crippen MR) is 79.9 cm³/mol. The van der Waals surface area contributed by atoms with E-state index in [0.717, 1.165) is 16.5 Å². The Bertz CT molecular complexity index is 507. The number of fused-ring (bicyclic) bond motifs is 1. The highest BCUT2D eigenvalue weighted by Crippen LogP contribution is 2.19. The summed E-state index contributed by atoms with van der Waals surface area (Å²) in [6.07, 6.45) is 2.61. The lowest BCUT2D eigenvalue weighted by Crippen LogP contribution is -2.31. The first-order chi connectivity index (χ1) is 8.72. The van der Waals surface area contributed by atoms with Crippen molar-refractivity contribution in [1.29, 1.82) is 0 Å². The molecule has 1 aromatic heterocycles. The third-order valence-electron chi connectivity index (χ3n) is 2.75. The zero-order chi connectivity index (χ0) is 13.5. The van der Waals surface area contributed by atoms with Crippen molar-refractivity contribution in [3.63, 3.8) is 0 Å². The first-order valence-electron chi connectivity index (χ1n) is 6.17. The van der Waals surface area contributed by atoms with Crippen LogP contribution in [-0.2, 0) is 11.2 Å². The average Bonchev–Trinajstić information content (AvgIpc) is 2.81. The molecule has 0 unspecified atom stereocenters. The van der Waals surface area contributed by atoms with E-state index in [1.54, 1.807) is 6.92 Å². The van der Waals surface area contributed by atoms with Crippen molar-refractivity contribution in [2.75, 3.05) is 0 Å². The Morgan fingerprint density at radius 2 is 2.06 bits per heavy atom. The van der Waals surface area contributed by atoms with E-state index in [0.29, 0.717) is 6.42 Å². The molecule has 0 radical (unpaired) electrons. The molecule has 0 aliphatic rings. The summed E-state index contributed by atoms with van der Waals surface area (Å²) in [6, 6.07) is 7.83. The molecule has 0 bridgehead atoms. The molecule has 0 saturated carbocycles. The summed E-state index contributed by atoms with van der Waals surface area (Å²) in [5.41, 5.74) is 2.23. The number of benzene rings is 1. The van der Waals surface area contributed by atoms with Crippen LogP contribution in [0.4, 0.5) is 0 Å². The Morgan fingerprint density at radius 1 is 1.39 bits per heavy atom. The number of thiol groups is 1. The van der Waals surface area contributed by atoms with Gasteiger partial charge in [-0.15, -0.1) is 0 Å². The Morgan fingerprint density at radius 3 is 2.67 bits per heavy atom. The normalized spacial score (nSPS) is 11.8. The molecule has 1 atom stereocenters. The highest BCUT2D eigenvalue weighted by atomic mass is 32.1. The van der Waals surface area contributed by atoms with E-state index in [1.807, 2.05) is 38.2 Å². The Balaban J connectivity index is 0.000000771. The number of carbonyl (C=O) groups is 1. The number of nitrogens with one attached hydrogen (secondary N) is 2. The van der Waals surface area contributed by atoms with Gasteiger partial charge in [-0.2, -0.15) is 0 Å². The van der Waals surface area contributed by atoms with E-state index in [-0.39, 0.29) is 11.8 Å². The third-order valence-corrected chi connectivity index (χ3v) is 3.06. The molecule has 0 aliphatic heterocycles. The molecular formula is C14H20N2OS. The molecule has 0 fully saturated rings. The monoisotopic (exact) mass is 264 g/mol. The molecule has 98 valence electrons. The van der Waals surface area contributed by atoms with Crippen LogP contribution >= 0.6 is 12.8 Å². The molecule has 2 aromatic rings. The largest absolute Gasteiger partial charge is 0.361 e. The molecule has 3 nitrogen and oxygen atoms in total. The summed E-state index contributed by atoms with van der Waals surface area (Å²) >= 11 is 3.98. The van der Waals surface area contributed by atoms with Gasteiger partial charge in [0.05, 0.1) is 6.04 Å². The number of ketones is 1. The van der Waals surface area contributed by atoms with Gasteiger partial charge < -0.3 is 4.98 Å². The summed E-state index contributed by atoms with van der Waals surface area (Å²) in [5, 5.41) is 1.16. The number of para-hydroxylation sites is 1. The minimum Gasteiger partial charge on any atom is -0.361 e. The Kier molecular flexibility index (Phi) is 5.95. The van der Waals surface area contributed by atoms with Gasteiger partial charge in [0.1, 0.15) is 5.78 Å². The number of hydrogen-bond acceptors (Lipinski definition) is 3. The van der Waals surface area contributed by atoms with Gasteiger partial charge >= 0.3 is 0 Å². The van der Waals surface area contributed by atoms with Gasteiger partial charge in [-0.1, -0.05) is 44.9 Å². The molecular weight excluding hydrogens is 244 g/mol. The van der Waals surface area contributed by atoms with Gasteiger partial charge in [-0.05, 0) is 25.0 Å². The fourth-order valence-corrected chi connectivity index (χ4v) is 2.07. The van der Waals surface area contributed by atoms with E-state index in [2.05, 4.69) is 28.6 Å². The van der Waals surface area contributed by atoms with Crippen molar-refractivity contribution in [3.05, 3.63) is 36.0 Å². The Hall–Kier alpha value is -1.26. The summed E-state index contributed by atoms with van der Waals surface area (Å²) in [4.78, 5) is 14.5. The number of Topliss-reactive ketones (excluding diaryl/α,β-unsaturated/α-hetero) is 1. The van der Waals surface area contributed by atoms with Crippen LogP contribution in [0.1, 0.15) is 26.3 Å². The van der Waals surface area contributed by atoms with Crippen molar-refractivity contribution in [2.45, 2.75) is 33.2 Å². The smallest absolute Gasteiger partial charge is 0.147 e. The Labute approximate surface area is 114 Å². The van der Waals surface area contributed by atoms with Gasteiger partial charge in [-0.25, -0.2) is 0 Å². The number of aromatic amines is 1. The van der Waals surface area contributed by atoms with Crippen LogP contribution in [0.5, 0.6) is 0 Å². The summed E-state index contributed by atoms with van der Waals surface area (Å²) in [5.74, 6) is 0.0975. The van der Waals surface area contributed by atoms with Crippen molar-refractivity contribution < 1.29 is 4.79 Å². The lowest BCUT2D eigenvalue weighted by molar-refractivity contribution is -0.118. The van der Waals surface area contributed by atoms with Crippen LogP contribution in [0.2, 0.25) is 0 Å². The minimum atomic E-state index is -0.234. The molecule has 2 rings (SSSR count). The molecule has 0 aliphatic carbocycles. The third kappa shape index (κ3) is 3.37. The molecule has 1 aromatic carbocycles. The van der Waals surface area contributed by atoms with Crippen molar-refractivity contribution in [3.8, 4) is 0 Å². The maximum absolute atomic E-state index is 11.3. The number of aromatic nitrogens is 1. The number of carbonyl (C=O) groups excluding carboxylic acids is 1. The van der Waals surface area contributed by atoms with E-state index in [4.69, 9.17) is 0 Å². The fraction of sp³-hybridized carbons (Fsp3) is 0.357. The molecule has 0 saturated heterocycles. The standard InChI is InChI=1S/C12H14N2OS.C2H6/c1-8(15)12(14-16)6-9-7-13-11-5-3-2-4-10(9)11;1-2/h2-5,7,12-14,16H,6H2,1H3;1-2H3/t12-;/m0./s1. The van der Waals surface area contributed by atoms with Crippen LogP contribution in [-0.4, -0.2) is 16.8 Å². The first-order valence-corrected chi connectivity index (χ1v) is 6.62. The highest BCUT2D eigenvalue weighted by Gasteiger charge is 2.14. The van der Waals surface area contributed by atoms with Crippen molar-refractivity contribution in [2.24, 2.45) is 0 Å². The summed E-state index contributed by atoms with van der Waals surface area (Å²) in [7, 11) is 0. The maximum atomic E-state index is 11.3. The lowest BCUT2D eigenvalue weighted by atomic mass is 10.0. The van der Waals surface area contributed by atoms with Gasteiger partial charge in [-0.3, -0.25) is 9.52 Å². The van der Waals surface area contributed by atoms with Gasteiger partial charge in [0, 0.05) is 17.1 Å². The topological polar surface area (TPSA) is 44.9 Å². The molecule has 4 heteroatoms. The fourth-order valence-electron chi connectivity index (χ4n) is 1.80. The zero-order valence-electron chi connectivity index (χ0n) is 11.0. The second-order valence-corrected chi connectivity index (χ2v) is 4.11. The highest BCUT2D eigenvalue weighted by molar-refractivity contribution is 7.78. The van der Waals surface area contributed by atoms with E-state index >= 15 is 0 Å². The second-order valence-electron chi connectivity index (χ2n) is 3.86. The number of rotatable bonds is 4. The molecule has 0 spiro atoms. The molecule has 2 N–H and O–H groups in total. The zero-order valence-corrected chi connectivity index (χ0v) is 11.9. The number of H-pyrrole nitrogens is 1. The molecule has 18 heavy (non-hydrogen) atoms. The quantitative estimate of drug-likeness (QED) is 0.743. The van der Waals surface area contributed by atoms with Gasteiger partial charge in [0.15, 0.2) is 0 Å². The summed E-state index contributed by atoms with van der Waals surface area (Å²) < 4.78 is 2.74. The second kappa shape index (κ2) is 7.24. The van der Waals surface area contributed by atoms with Gasteiger partial charge in [0.25, 0.3) is 0 Å². The van der Waals surface area contributed by atoms with Crippen LogP contribution < -0.4 is 4.72 Å². The van der Waals surface area contributed by atoms with E-state index < -0.39 is 0 Å². The van der Waals surface area contributed by atoms with E-state index in [1.165, 1.54) is 0 Å². The van der Waals surface area contributed by atoms with Crippen molar-refractivity contribution >= 4 is 29.5 Å². The van der Waals surface area contributed by atoms with Crippen molar-refractivity contribution in [1.82, 2.24) is 9.71 Å². The first kappa shape index (κ1) is 14.8. The minimum absolute atomic E-state index is 0.0975. The predicted octanol–water partition coefficient (Wildman–Crippen LogP) is 3.13. The summed E-state index contributed by atoms with van der Waals surface area (Å²) in [6.45, 7) is 5.57. The molecule has 0 amide bonds.